The molecule has 2 N–H and O–H groups in total. The molecule has 1 aliphatic carbocycles. The predicted octanol–water partition coefficient (Wildman–Crippen LogP) is 4.33. The SMILES string of the molecule is Cc1c(Nc2ncc3cc(Cl)c(C4CCNCC4)cc3n2)cnn1C1CC1. The molecule has 3 heterocycles. The molecule has 0 atom stereocenters. The van der Waals surface area contributed by atoms with Gasteiger partial charge in [-0.1, -0.05) is 11.6 Å². The van der Waals surface area contributed by atoms with Crippen LogP contribution in [0, 0.1) is 6.92 Å². The van der Waals surface area contributed by atoms with Gasteiger partial charge in [0.25, 0.3) is 0 Å². The Morgan fingerprint density at radius 3 is 2.74 bits per heavy atom. The van der Waals surface area contributed by atoms with Gasteiger partial charge in [-0.3, -0.25) is 4.68 Å². The second-order valence-electron chi connectivity index (χ2n) is 7.59. The van der Waals surface area contributed by atoms with Crippen molar-refractivity contribution < 1.29 is 0 Å². The first kappa shape index (κ1) is 17.0. The average molecular weight is 383 g/mol. The van der Waals surface area contributed by atoms with Gasteiger partial charge in [0.15, 0.2) is 0 Å². The van der Waals surface area contributed by atoms with Crippen molar-refractivity contribution in [3.63, 3.8) is 0 Å². The molecule has 7 heteroatoms. The van der Waals surface area contributed by atoms with Crippen LogP contribution in [0.3, 0.4) is 0 Å². The number of aromatic nitrogens is 4. The van der Waals surface area contributed by atoms with Crippen LogP contribution in [-0.4, -0.2) is 32.8 Å². The lowest BCUT2D eigenvalue weighted by atomic mass is 9.89. The summed E-state index contributed by atoms with van der Waals surface area (Å²) >= 11 is 6.56. The number of benzene rings is 1. The van der Waals surface area contributed by atoms with E-state index in [4.69, 9.17) is 16.6 Å². The molecule has 2 aromatic heterocycles. The van der Waals surface area contributed by atoms with Crippen LogP contribution in [-0.2, 0) is 0 Å². The van der Waals surface area contributed by atoms with Crippen molar-refractivity contribution in [1.82, 2.24) is 25.1 Å². The summed E-state index contributed by atoms with van der Waals surface area (Å²) in [6.07, 6.45) is 8.36. The lowest BCUT2D eigenvalue weighted by Gasteiger charge is -2.24. The Bertz CT molecular complexity index is 988. The van der Waals surface area contributed by atoms with Crippen molar-refractivity contribution in [2.45, 2.75) is 44.6 Å². The van der Waals surface area contributed by atoms with Gasteiger partial charge in [0.05, 0.1) is 29.1 Å². The number of anilines is 2. The van der Waals surface area contributed by atoms with Crippen molar-refractivity contribution in [1.29, 1.82) is 0 Å². The molecule has 0 radical (unpaired) electrons. The van der Waals surface area contributed by atoms with E-state index in [1.807, 2.05) is 18.5 Å². The van der Waals surface area contributed by atoms with Crippen LogP contribution >= 0.6 is 11.6 Å². The predicted molar refractivity (Wildman–Crippen MR) is 108 cm³/mol. The van der Waals surface area contributed by atoms with Gasteiger partial charge in [-0.25, -0.2) is 9.97 Å². The summed E-state index contributed by atoms with van der Waals surface area (Å²) in [5.41, 5.74) is 4.23. The molecule has 0 spiro atoms. The minimum atomic E-state index is 0.494. The second kappa shape index (κ2) is 6.77. The molecule has 0 bridgehead atoms. The van der Waals surface area contributed by atoms with Gasteiger partial charge < -0.3 is 10.6 Å². The summed E-state index contributed by atoms with van der Waals surface area (Å²) in [6.45, 7) is 4.17. The Balaban J connectivity index is 1.46. The Kier molecular flexibility index (Phi) is 4.25. The molecule has 1 saturated carbocycles. The van der Waals surface area contributed by atoms with Crippen LogP contribution in [0.15, 0.2) is 24.5 Å². The summed E-state index contributed by atoms with van der Waals surface area (Å²) in [4.78, 5) is 9.21. The normalized spacial score (nSPS) is 18.1. The molecule has 6 nitrogen and oxygen atoms in total. The largest absolute Gasteiger partial charge is 0.321 e. The van der Waals surface area contributed by atoms with E-state index >= 15 is 0 Å². The van der Waals surface area contributed by atoms with E-state index in [0.717, 1.165) is 53.2 Å². The number of halogens is 1. The van der Waals surface area contributed by atoms with Crippen molar-refractivity contribution in [3.8, 4) is 0 Å². The maximum absolute atomic E-state index is 6.56. The zero-order valence-corrected chi connectivity index (χ0v) is 16.1. The van der Waals surface area contributed by atoms with Gasteiger partial charge in [0.2, 0.25) is 5.95 Å². The number of nitrogens with one attached hydrogen (secondary N) is 2. The average Bonchev–Trinajstić information content (AvgIpc) is 3.47. The van der Waals surface area contributed by atoms with Crippen molar-refractivity contribution >= 4 is 34.1 Å². The van der Waals surface area contributed by atoms with E-state index in [-0.39, 0.29) is 0 Å². The Labute approximate surface area is 163 Å². The third kappa shape index (κ3) is 3.28. The highest BCUT2D eigenvalue weighted by molar-refractivity contribution is 6.32. The molecule has 1 aliphatic heterocycles. The number of fused-ring (bicyclic) bond motifs is 1. The summed E-state index contributed by atoms with van der Waals surface area (Å²) in [7, 11) is 0. The zero-order valence-electron chi connectivity index (χ0n) is 15.4. The standard InChI is InChI=1S/C20H23ClN6/c1-12-19(11-24-27(12)15-2-3-15)26-20-23-10-14-8-17(21)16(9-18(14)25-20)13-4-6-22-7-5-13/h8-11,13,15,22H,2-7H2,1H3,(H,23,25,26). The van der Waals surface area contributed by atoms with E-state index in [1.165, 1.54) is 18.4 Å². The maximum atomic E-state index is 6.56. The molecule has 0 amide bonds. The lowest BCUT2D eigenvalue weighted by Crippen LogP contribution is -2.26. The van der Waals surface area contributed by atoms with E-state index in [1.54, 1.807) is 0 Å². The fraction of sp³-hybridized carbons (Fsp3) is 0.450. The van der Waals surface area contributed by atoms with Gasteiger partial charge in [0.1, 0.15) is 0 Å². The third-order valence-corrected chi connectivity index (χ3v) is 5.99. The van der Waals surface area contributed by atoms with Crippen LogP contribution in [0.25, 0.3) is 10.9 Å². The van der Waals surface area contributed by atoms with Gasteiger partial charge in [-0.15, -0.1) is 0 Å². The summed E-state index contributed by atoms with van der Waals surface area (Å²) in [5, 5.41) is 13.0. The Hall–Kier alpha value is -2.18. The molecule has 3 aromatic rings. The van der Waals surface area contributed by atoms with Gasteiger partial charge >= 0.3 is 0 Å². The van der Waals surface area contributed by atoms with Gasteiger partial charge in [-0.2, -0.15) is 5.10 Å². The van der Waals surface area contributed by atoms with Crippen LogP contribution in [0.4, 0.5) is 11.6 Å². The van der Waals surface area contributed by atoms with Gasteiger partial charge in [-0.05, 0) is 69.3 Å². The highest BCUT2D eigenvalue weighted by Crippen LogP contribution is 2.37. The zero-order chi connectivity index (χ0) is 18.4. The third-order valence-electron chi connectivity index (χ3n) is 5.66. The molecular formula is C20H23ClN6. The van der Waals surface area contributed by atoms with Crippen LogP contribution in [0.1, 0.15) is 48.9 Å². The quantitative estimate of drug-likeness (QED) is 0.702. The van der Waals surface area contributed by atoms with E-state index in [2.05, 4.69) is 38.4 Å². The molecule has 0 unspecified atom stereocenters. The fourth-order valence-electron chi connectivity index (χ4n) is 3.93. The second-order valence-corrected chi connectivity index (χ2v) is 8.00. The number of nitrogens with zero attached hydrogens (tertiary/aromatic N) is 4. The highest BCUT2D eigenvalue weighted by Gasteiger charge is 2.26. The molecule has 2 aliphatic rings. The summed E-state index contributed by atoms with van der Waals surface area (Å²) in [6, 6.07) is 4.70. The summed E-state index contributed by atoms with van der Waals surface area (Å²) < 4.78 is 2.10. The number of hydrogen-bond acceptors (Lipinski definition) is 5. The Morgan fingerprint density at radius 2 is 1.96 bits per heavy atom. The molecule has 1 saturated heterocycles. The first-order valence-electron chi connectivity index (χ1n) is 9.67. The molecule has 2 fully saturated rings. The van der Waals surface area contributed by atoms with E-state index < -0.39 is 0 Å². The van der Waals surface area contributed by atoms with E-state index in [9.17, 15) is 0 Å². The first-order chi connectivity index (χ1) is 13.2. The smallest absolute Gasteiger partial charge is 0.227 e. The lowest BCUT2D eigenvalue weighted by molar-refractivity contribution is 0.461. The van der Waals surface area contributed by atoms with Crippen molar-refractivity contribution in [2.75, 3.05) is 18.4 Å². The molecule has 27 heavy (non-hydrogen) atoms. The van der Waals surface area contributed by atoms with Gasteiger partial charge in [0, 0.05) is 16.6 Å². The van der Waals surface area contributed by atoms with Crippen LogP contribution in [0.2, 0.25) is 5.02 Å². The van der Waals surface area contributed by atoms with E-state index in [0.29, 0.717) is 17.9 Å². The number of hydrogen-bond donors (Lipinski definition) is 2. The minimum Gasteiger partial charge on any atom is -0.321 e. The van der Waals surface area contributed by atoms with Crippen molar-refractivity contribution in [2.24, 2.45) is 0 Å². The highest BCUT2D eigenvalue weighted by atomic mass is 35.5. The monoisotopic (exact) mass is 382 g/mol. The summed E-state index contributed by atoms with van der Waals surface area (Å²) in [5.74, 6) is 1.09. The molecule has 1 aromatic carbocycles. The molecule has 5 rings (SSSR count). The number of rotatable bonds is 4. The molecular weight excluding hydrogens is 360 g/mol. The Morgan fingerprint density at radius 1 is 1.15 bits per heavy atom. The van der Waals surface area contributed by atoms with Crippen molar-refractivity contribution in [3.05, 3.63) is 40.8 Å². The maximum Gasteiger partial charge on any atom is 0.227 e. The first-order valence-corrected chi connectivity index (χ1v) is 10.0. The topological polar surface area (TPSA) is 67.7 Å². The minimum absolute atomic E-state index is 0.494. The van der Waals surface area contributed by atoms with Crippen LogP contribution in [0.5, 0.6) is 0 Å². The number of piperidine rings is 1. The molecule has 140 valence electrons. The fourth-order valence-corrected chi connectivity index (χ4v) is 4.25. The van der Waals surface area contributed by atoms with Crippen LogP contribution < -0.4 is 10.6 Å².